The predicted molar refractivity (Wildman–Crippen MR) is 89.7 cm³/mol. The molecule has 0 radical (unpaired) electrons. The summed E-state index contributed by atoms with van der Waals surface area (Å²) in [6, 6.07) is 8.37. The number of hydrogen-bond donors (Lipinski definition) is 0. The molecule has 3 rings (SSSR count). The molecule has 1 aliphatic rings. The molecule has 1 heterocycles. The number of benzene rings is 1. The second-order valence-electron chi connectivity index (χ2n) is 6.57. The molecule has 0 N–H and O–H groups in total. The van der Waals surface area contributed by atoms with E-state index in [2.05, 4.69) is 43.0 Å². The maximum Gasteiger partial charge on any atom is 0.226 e. The lowest BCUT2D eigenvalue weighted by Crippen LogP contribution is -2.26. The molecule has 3 nitrogen and oxygen atoms in total. The van der Waals surface area contributed by atoms with E-state index < -0.39 is 0 Å². The van der Waals surface area contributed by atoms with Crippen LogP contribution in [0.3, 0.4) is 0 Å². The molecule has 3 heteroatoms. The fraction of sp³-hybridized carbons (Fsp3) is 0.526. The highest BCUT2D eigenvalue weighted by Crippen LogP contribution is 2.30. The van der Waals surface area contributed by atoms with Crippen molar-refractivity contribution in [1.82, 2.24) is 9.88 Å². The first-order chi connectivity index (χ1) is 10.7. The van der Waals surface area contributed by atoms with Gasteiger partial charge in [0.05, 0.1) is 5.69 Å². The van der Waals surface area contributed by atoms with Gasteiger partial charge in [0.15, 0.2) is 0 Å². The number of aromatic nitrogens is 1. The average Bonchev–Trinajstić information content (AvgIpc) is 3.23. The molecule has 0 atom stereocenters. The molecule has 0 aliphatic heterocycles. The Morgan fingerprint density at radius 3 is 2.55 bits per heavy atom. The zero-order valence-electron chi connectivity index (χ0n) is 13.9. The van der Waals surface area contributed by atoms with E-state index >= 15 is 0 Å². The van der Waals surface area contributed by atoms with Crippen molar-refractivity contribution in [3.8, 4) is 11.5 Å². The molecule has 0 unspecified atom stereocenters. The molecule has 0 saturated heterocycles. The van der Waals surface area contributed by atoms with Crippen molar-refractivity contribution in [2.24, 2.45) is 5.92 Å². The smallest absolute Gasteiger partial charge is 0.226 e. The summed E-state index contributed by atoms with van der Waals surface area (Å²) < 4.78 is 5.90. The molecule has 0 bridgehead atoms. The van der Waals surface area contributed by atoms with E-state index in [1.165, 1.54) is 31.4 Å². The summed E-state index contributed by atoms with van der Waals surface area (Å²) >= 11 is 0. The number of rotatable bonds is 7. The van der Waals surface area contributed by atoms with Crippen molar-refractivity contribution in [2.75, 3.05) is 13.1 Å². The Balaban J connectivity index is 1.74. The Morgan fingerprint density at radius 1 is 1.18 bits per heavy atom. The molecule has 1 fully saturated rings. The first-order valence-electron chi connectivity index (χ1n) is 8.41. The van der Waals surface area contributed by atoms with Crippen LogP contribution in [0.5, 0.6) is 0 Å². The highest BCUT2D eigenvalue weighted by atomic mass is 16.4. The van der Waals surface area contributed by atoms with Gasteiger partial charge in [-0.2, -0.15) is 0 Å². The van der Waals surface area contributed by atoms with Gasteiger partial charge in [-0.25, -0.2) is 4.98 Å². The summed E-state index contributed by atoms with van der Waals surface area (Å²) in [5, 5.41) is 0. The molecular weight excluding hydrogens is 272 g/mol. The van der Waals surface area contributed by atoms with Crippen LogP contribution in [0.15, 0.2) is 28.7 Å². The Morgan fingerprint density at radius 2 is 1.91 bits per heavy atom. The highest BCUT2D eigenvalue weighted by molar-refractivity contribution is 5.54. The van der Waals surface area contributed by atoms with Gasteiger partial charge in [0, 0.05) is 18.7 Å². The summed E-state index contributed by atoms with van der Waals surface area (Å²) in [6.45, 7) is 9.62. The number of aryl methyl sites for hydroxylation is 2. The van der Waals surface area contributed by atoms with Gasteiger partial charge in [0.1, 0.15) is 5.76 Å². The number of nitrogens with zero attached hydrogens (tertiary/aromatic N) is 2. The van der Waals surface area contributed by atoms with Crippen LogP contribution >= 0.6 is 0 Å². The third-order valence-electron chi connectivity index (χ3n) is 4.32. The molecule has 1 saturated carbocycles. The maximum atomic E-state index is 5.90. The Hall–Kier alpha value is -1.61. The van der Waals surface area contributed by atoms with E-state index in [9.17, 15) is 0 Å². The molecule has 22 heavy (non-hydrogen) atoms. The summed E-state index contributed by atoms with van der Waals surface area (Å²) in [7, 11) is 0. The van der Waals surface area contributed by atoms with Crippen molar-refractivity contribution in [3.05, 3.63) is 41.3 Å². The first kappa shape index (κ1) is 15.3. The average molecular weight is 298 g/mol. The van der Waals surface area contributed by atoms with E-state index in [0.29, 0.717) is 0 Å². The van der Waals surface area contributed by atoms with Crippen molar-refractivity contribution in [3.63, 3.8) is 0 Å². The highest BCUT2D eigenvalue weighted by Gasteiger charge is 2.25. The second kappa shape index (κ2) is 6.66. The van der Waals surface area contributed by atoms with Gasteiger partial charge in [0.2, 0.25) is 5.89 Å². The molecule has 0 amide bonds. The third kappa shape index (κ3) is 3.77. The summed E-state index contributed by atoms with van der Waals surface area (Å²) in [6.07, 6.45) is 3.98. The van der Waals surface area contributed by atoms with Crippen LogP contribution in [-0.4, -0.2) is 23.0 Å². The minimum Gasteiger partial charge on any atom is -0.441 e. The van der Waals surface area contributed by atoms with Gasteiger partial charge in [-0.15, -0.1) is 0 Å². The predicted octanol–water partition coefficient (Wildman–Crippen LogP) is 4.58. The molecule has 118 valence electrons. The fourth-order valence-corrected chi connectivity index (χ4v) is 2.82. The van der Waals surface area contributed by atoms with Gasteiger partial charge in [-0.3, -0.25) is 4.90 Å². The van der Waals surface area contributed by atoms with E-state index in [1.807, 2.05) is 6.92 Å². The number of oxazole rings is 1. The van der Waals surface area contributed by atoms with Crippen LogP contribution in [0.4, 0.5) is 0 Å². The van der Waals surface area contributed by atoms with Crippen LogP contribution in [0, 0.1) is 19.8 Å². The van der Waals surface area contributed by atoms with Crippen LogP contribution in [0.25, 0.3) is 11.5 Å². The minimum absolute atomic E-state index is 0.746. The van der Waals surface area contributed by atoms with Crippen LogP contribution < -0.4 is 0 Å². The van der Waals surface area contributed by atoms with Crippen molar-refractivity contribution >= 4 is 0 Å². The van der Waals surface area contributed by atoms with E-state index in [-0.39, 0.29) is 0 Å². The summed E-state index contributed by atoms with van der Waals surface area (Å²) in [4.78, 5) is 7.28. The monoisotopic (exact) mass is 298 g/mol. The van der Waals surface area contributed by atoms with Crippen LogP contribution in [0.2, 0.25) is 0 Å². The van der Waals surface area contributed by atoms with Crippen molar-refractivity contribution in [2.45, 2.75) is 46.6 Å². The molecule has 1 aromatic carbocycles. The maximum absolute atomic E-state index is 5.90. The van der Waals surface area contributed by atoms with Crippen molar-refractivity contribution < 1.29 is 4.42 Å². The lowest BCUT2D eigenvalue weighted by atomic mass is 10.1. The van der Waals surface area contributed by atoms with Gasteiger partial charge in [0.25, 0.3) is 0 Å². The van der Waals surface area contributed by atoms with E-state index in [1.54, 1.807) is 0 Å². The first-order valence-corrected chi connectivity index (χ1v) is 8.41. The number of hydrogen-bond acceptors (Lipinski definition) is 3. The Labute approximate surface area is 133 Å². The standard InChI is InChI=1S/C19H26N2O/c1-4-11-21(12-16-7-8-16)13-18-15(3)22-19(20-18)17-9-5-14(2)6-10-17/h5-6,9-10,16H,4,7-8,11-13H2,1-3H3. The quantitative estimate of drug-likeness (QED) is 0.749. The van der Waals surface area contributed by atoms with E-state index in [0.717, 1.165) is 41.9 Å². The molecule has 1 aromatic heterocycles. The third-order valence-corrected chi connectivity index (χ3v) is 4.32. The second-order valence-corrected chi connectivity index (χ2v) is 6.57. The zero-order chi connectivity index (χ0) is 15.5. The fourth-order valence-electron chi connectivity index (χ4n) is 2.82. The molecule has 1 aliphatic carbocycles. The topological polar surface area (TPSA) is 29.3 Å². The van der Waals surface area contributed by atoms with Crippen molar-refractivity contribution in [1.29, 1.82) is 0 Å². The lowest BCUT2D eigenvalue weighted by molar-refractivity contribution is 0.251. The Kier molecular flexibility index (Phi) is 4.63. The van der Waals surface area contributed by atoms with E-state index in [4.69, 9.17) is 9.40 Å². The molecule has 0 spiro atoms. The van der Waals surface area contributed by atoms with Gasteiger partial charge < -0.3 is 4.42 Å². The van der Waals surface area contributed by atoms with Gasteiger partial charge in [-0.05, 0) is 57.7 Å². The lowest BCUT2D eigenvalue weighted by Gasteiger charge is -2.20. The zero-order valence-corrected chi connectivity index (χ0v) is 13.9. The SMILES string of the molecule is CCCN(Cc1nc(-c2ccc(C)cc2)oc1C)CC1CC1. The van der Waals surface area contributed by atoms with Crippen LogP contribution in [0.1, 0.15) is 43.2 Å². The summed E-state index contributed by atoms with van der Waals surface area (Å²) in [5.41, 5.74) is 3.40. The molecule has 2 aromatic rings. The van der Waals surface area contributed by atoms with Gasteiger partial charge >= 0.3 is 0 Å². The Bertz CT molecular complexity index is 611. The summed E-state index contributed by atoms with van der Waals surface area (Å²) in [5.74, 6) is 2.61. The largest absolute Gasteiger partial charge is 0.441 e. The molecular formula is C19H26N2O. The van der Waals surface area contributed by atoms with Crippen LogP contribution in [-0.2, 0) is 6.54 Å². The minimum atomic E-state index is 0.746. The van der Waals surface area contributed by atoms with Gasteiger partial charge in [-0.1, -0.05) is 24.6 Å². The normalized spacial score (nSPS) is 14.7.